The van der Waals surface area contributed by atoms with Crippen molar-refractivity contribution < 1.29 is 23.1 Å². The van der Waals surface area contributed by atoms with Crippen LogP contribution in [0.3, 0.4) is 0 Å². The van der Waals surface area contributed by atoms with E-state index in [0.717, 1.165) is 19.3 Å². The number of hydrogen-bond donors (Lipinski definition) is 2. The summed E-state index contributed by atoms with van der Waals surface area (Å²) in [5.41, 5.74) is -1.31. The SMILES string of the molecule is CCN(CC)S(=O)(=O)CC(=O)NC1(C(=O)O)CCCCC1. The molecule has 0 aliphatic heterocycles. The van der Waals surface area contributed by atoms with E-state index in [1.807, 2.05) is 0 Å². The van der Waals surface area contributed by atoms with Crippen LogP contribution >= 0.6 is 0 Å². The lowest BCUT2D eigenvalue weighted by Gasteiger charge is -2.34. The molecule has 7 nitrogen and oxygen atoms in total. The Kier molecular flexibility index (Phi) is 6.15. The summed E-state index contributed by atoms with van der Waals surface area (Å²) in [4.78, 5) is 23.4. The van der Waals surface area contributed by atoms with E-state index in [4.69, 9.17) is 0 Å². The molecule has 1 rings (SSSR count). The summed E-state index contributed by atoms with van der Waals surface area (Å²) in [7, 11) is -3.70. The van der Waals surface area contributed by atoms with E-state index in [-0.39, 0.29) is 13.1 Å². The molecule has 1 amide bonds. The highest BCUT2D eigenvalue weighted by molar-refractivity contribution is 7.89. The molecule has 0 heterocycles. The summed E-state index contributed by atoms with van der Waals surface area (Å²) in [6.07, 6.45) is 3.06. The van der Waals surface area contributed by atoms with Crippen molar-refractivity contribution in [2.24, 2.45) is 0 Å². The summed E-state index contributed by atoms with van der Waals surface area (Å²) >= 11 is 0. The summed E-state index contributed by atoms with van der Waals surface area (Å²) in [6.45, 7) is 3.96. The number of rotatable bonds is 7. The Morgan fingerprint density at radius 3 is 2.10 bits per heavy atom. The predicted molar refractivity (Wildman–Crippen MR) is 78.3 cm³/mol. The molecule has 1 aliphatic rings. The van der Waals surface area contributed by atoms with Gasteiger partial charge in [0.2, 0.25) is 15.9 Å². The second-order valence-corrected chi connectivity index (χ2v) is 7.31. The van der Waals surface area contributed by atoms with Crippen molar-refractivity contribution in [3.05, 3.63) is 0 Å². The maximum Gasteiger partial charge on any atom is 0.329 e. The second-order valence-electron chi connectivity index (χ2n) is 5.34. The van der Waals surface area contributed by atoms with E-state index in [1.54, 1.807) is 13.8 Å². The fourth-order valence-electron chi connectivity index (χ4n) is 2.72. The third-order valence-electron chi connectivity index (χ3n) is 3.91. The molecule has 0 aromatic rings. The van der Waals surface area contributed by atoms with Crippen LogP contribution in [-0.4, -0.2) is 54.1 Å². The highest BCUT2D eigenvalue weighted by Crippen LogP contribution is 2.28. The first-order chi connectivity index (χ1) is 9.77. The van der Waals surface area contributed by atoms with Crippen molar-refractivity contribution in [2.45, 2.75) is 51.5 Å². The molecule has 0 saturated heterocycles. The van der Waals surface area contributed by atoms with Crippen LogP contribution < -0.4 is 5.32 Å². The zero-order chi connectivity index (χ0) is 16.1. The van der Waals surface area contributed by atoms with Gasteiger partial charge < -0.3 is 10.4 Å². The molecule has 1 saturated carbocycles. The van der Waals surface area contributed by atoms with Crippen molar-refractivity contribution in [3.8, 4) is 0 Å². The summed E-state index contributed by atoms with van der Waals surface area (Å²) in [6, 6.07) is 0. The van der Waals surface area contributed by atoms with Crippen molar-refractivity contribution in [1.82, 2.24) is 9.62 Å². The van der Waals surface area contributed by atoms with Crippen molar-refractivity contribution in [3.63, 3.8) is 0 Å². The molecular weight excluding hydrogens is 296 g/mol. The Balaban J connectivity index is 2.77. The Morgan fingerprint density at radius 1 is 1.14 bits per heavy atom. The van der Waals surface area contributed by atoms with Gasteiger partial charge in [-0.25, -0.2) is 17.5 Å². The van der Waals surface area contributed by atoms with Crippen LogP contribution in [-0.2, 0) is 19.6 Å². The van der Waals surface area contributed by atoms with Gasteiger partial charge in [0.15, 0.2) is 0 Å². The summed E-state index contributed by atoms with van der Waals surface area (Å²) in [5, 5.41) is 11.8. The molecule has 8 heteroatoms. The molecule has 1 fully saturated rings. The molecule has 0 aromatic carbocycles. The van der Waals surface area contributed by atoms with E-state index < -0.39 is 33.2 Å². The van der Waals surface area contributed by atoms with Crippen LogP contribution in [0.5, 0.6) is 0 Å². The molecule has 1 aliphatic carbocycles. The van der Waals surface area contributed by atoms with Gasteiger partial charge in [-0.1, -0.05) is 33.1 Å². The number of nitrogens with one attached hydrogen (secondary N) is 1. The number of sulfonamides is 1. The molecule has 2 N–H and O–H groups in total. The molecule has 0 aromatic heterocycles. The zero-order valence-electron chi connectivity index (χ0n) is 12.6. The van der Waals surface area contributed by atoms with Crippen LogP contribution in [0.25, 0.3) is 0 Å². The number of aliphatic carboxylic acids is 1. The van der Waals surface area contributed by atoms with Crippen molar-refractivity contribution in [1.29, 1.82) is 0 Å². The highest BCUT2D eigenvalue weighted by Gasteiger charge is 2.41. The maximum atomic E-state index is 12.0. The first kappa shape index (κ1) is 17.9. The average molecular weight is 320 g/mol. The minimum atomic E-state index is -3.70. The fourth-order valence-corrected chi connectivity index (χ4v) is 4.10. The quantitative estimate of drug-likeness (QED) is 0.713. The van der Waals surface area contributed by atoms with Crippen molar-refractivity contribution in [2.75, 3.05) is 18.8 Å². The third-order valence-corrected chi connectivity index (χ3v) is 5.84. The van der Waals surface area contributed by atoms with E-state index in [9.17, 15) is 23.1 Å². The van der Waals surface area contributed by atoms with Gasteiger partial charge in [-0.2, -0.15) is 0 Å². The Bertz CT molecular complexity index is 479. The fraction of sp³-hybridized carbons (Fsp3) is 0.846. The van der Waals surface area contributed by atoms with E-state index in [0.29, 0.717) is 12.8 Å². The lowest BCUT2D eigenvalue weighted by atomic mass is 9.81. The van der Waals surface area contributed by atoms with E-state index >= 15 is 0 Å². The monoisotopic (exact) mass is 320 g/mol. The average Bonchev–Trinajstić information content (AvgIpc) is 2.39. The van der Waals surface area contributed by atoms with Crippen LogP contribution in [0, 0.1) is 0 Å². The highest BCUT2D eigenvalue weighted by atomic mass is 32.2. The number of nitrogens with zero attached hydrogens (tertiary/aromatic N) is 1. The lowest BCUT2D eigenvalue weighted by molar-refractivity contribution is -0.148. The van der Waals surface area contributed by atoms with Gasteiger partial charge in [-0.15, -0.1) is 0 Å². The predicted octanol–water partition coefficient (Wildman–Crippen LogP) is 0.562. The second kappa shape index (κ2) is 7.22. The topological polar surface area (TPSA) is 104 Å². The van der Waals surface area contributed by atoms with E-state index in [1.165, 1.54) is 4.31 Å². The van der Waals surface area contributed by atoms with Crippen LogP contribution in [0.1, 0.15) is 46.0 Å². The Morgan fingerprint density at radius 2 is 1.67 bits per heavy atom. The Hall–Kier alpha value is -1.15. The van der Waals surface area contributed by atoms with Gasteiger partial charge in [0, 0.05) is 13.1 Å². The van der Waals surface area contributed by atoms with Gasteiger partial charge in [-0.05, 0) is 12.8 Å². The minimum Gasteiger partial charge on any atom is -0.480 e. The van der Waals surface area contributed by atoms with Crippen LogP contribution in [0.4, 0.5) is 0 Å². The largest absolute Gasteiger partial charge is 0.480 e. The molecule has 0 radical (unpaired) electrons. The number of carboxylic acids is 1. The number of carbonyl (C=O) groups is 2. The van der Waals surface area contributed by atoms with Gasteiger partial charge in [0.25, 0.3) is 0 Å². The molecular formula is C13H24N2O5S. The standard InChI is InChI=1S/C13H24N2O5S/c1-3-15(4-2)21(19,20)10-11(16)14-13(12(17)18)8-6-5-7-9-13/h3-10H2,1-2H3,(H,14,16)(H,17,18). The minimum absolute atomic E-state index is 0.288. The molecule has 0 unspecified atom stereocenters. The van der Waals surface area contributed by atoms with Crippen LogP contribution in [0.2, 0.25) is 0 Å². The van der Waals surface area contributed by atoms with E-state index in [2.05, 4.69) is 5.32 Å². The van der Waals surface area contributed by atoms with Gasteiger partial charge in [-0.3, -0.25) is 4.79 Å². The number of hydrogen-bond acceptors (Lipinski definition) is 4. The van der Waals surface area contributed by atoms with Crippen molar-refractivity contribution >= 4 is 21.9 Å². The Labute approximate surface area is 125 Å². The summed E-state index contributed by atoms with van der Waals surface area (Å²) < 4.78 is 25.3. The lowest BCUT2D eigenvalue weighted by Crippen LogP contribution is -2.57. The molecule has 0 bridgehead atoms. The molecule has 0 atom stereocenters. The molecule has 0 spiro atoms. The maximum absolute atomic E-state index is 12.0. The first-order valence-electron chi connectivity index (χ1n) is 7.29. The normalized spacial score (nSPS) is 18.4. The smallest absolute Gasteiger partial charge is 0.329 e. The third kappa shape index (κ3) is 4.41. The number of carbonyl (C=O) groups excluding carboxylic acids is 1. The molecule has 122 valence electrons. The van der Waals surface area contributed by atoms with Crippen LogP contribution in [0.15, 0.2) is 0 Å². The molecule has 21 heavy (non-hydrogen) atoms. The first-order valence-corrected chi connectivity index (χ1v) is 8.90. The van der Waals surface area contributed by atoms with Gasteiger partial charge >= 0.3 is 5.97 Å². The zero-order valence-corrected chi connectivity index (χ0v) is 13.4. The van der Waals surface area contributed by atoms with Gasteiger partial charge in [0.05, 0.1) is 0 Å². The summed E-state index contributed by atoms with van der Waals surface area (Å²) in [5.74, 6) is -2.54. The number of carboxylic acid groups (broad SMARTS) is 1. The van der Waals surface area contributed by atoms with Gasteiger partial charge in [0.1, 0.15) is 11.3 Å². The number of amides is 1.